The van der Waals surface area contributed by atoms with E-state index in [-0.39, 0.29) is 17.5 Å². The second kappa shape index (κ2) is 8.97. The molecule has 1 heterocycles. The largest absolute Gasteiger partial charge is 0.494 e. The lowest BCUT2D eigenvalue weighted by atomic mass is 10.1. The summed E-state index contributed by atoms with van der Waals surface area (Å²) in [6, 6.07) is 18.2. The minimum atomic E-state index is -0.507. The van der Waals surface area contributed by atoms with E-state index in [9.17, 15) is 15.2 Å². The third kappa shape index (κ3) is 4.33. The van der Waals surface area contributed by atoms with Gasteiger partial charge in [-0.3, -0.25) is 14.4 Å². The van der Waals surface area contributed by atoms with Gasteiger partial charge in [-0.05, 0) is 62.7 Å². The summed E-state index contributed by atoms with van der Waals surface area (Å²) in [6.45, 7) is 5.15. The summed E-state index contributed by atoms with van der Waals surface area (Å²) < 4.78 is 1.19. The van der Waals surface area contributed by atoms with E-state index in [0.717, 1.165) is 5.69 Å². The van der Waals surface area contributed by atoms with Gasteiger partial charge in [0.15, 0.2) is 0 Å². The standard InChI is InChI=1S/C23H21N5O2/c1-15(2)28-22(29)20(13-24)16(3)21(23(28)30)14-25-17-9-11-19(12-10-17)27-26-18-7-5-4-6-8-18/h4-12,14-15,30H,1-3H3. The second-order valence-electron chi connectivity index (χ2n) is 6.93. The quantitative estimate of drug-likeness (QED) is 0.454. The monoisotopic (exact) mass is 399 g/mol. The average molecular weight is 399 g/mol. The molecule has 3 aromatic rings. The molecule has 7 heteroatoms. The highest BCUT2D eigenvalue weighted by molar-refractivity contribution is 5.87. The molecule has 30 heavy (non-hydrogen) atoms. The molecule has 0 radical (unpaired) electrons. The highest BCUT2D eigenvalue weighted by Crippen LogP contribution is 2.25. The van der Waals surface area contributed by atoms with E-state index < -0.39 is 5.56 Å². The molecule has 7 nitrogen and oxygen atoms in total. The van der Waals surface area contributed by atoms with Crippen LogP contribution >= 0.6 is 0 Å². The van der Waals surface area contributed by atoms with Crippen LogP contribution in [0.4, 0.5) is 17.1 Å². The molecule has 0 aliphatic heterocycles. The Morgan fingerprint density at radius 2 is 1.57 bits per heavy atom. The van der Waals surface area contributed by atoms with Gasteiger partial charge in [0.25, 0.3) is 5.56 Å². The van der Waals surface area contributed by atoms with Gasteiger partial charge in [-0.2, -0.15) is 15.5 Å². The number of nitriles is 1. The summed E-state index contributed by atoms with van der Waals surface area (Å²) in [5, 5.41) is 28.3. The zero-order chi connectivity index (χ0) is 21.7. The van der Waals surface area contributed by atoms with Crippen molar-refractivity contribution in [3.63, 3.8) is 0 Å². The predicted molar refractivity (Wildman–Crippen MR) is 117 cm³/mol. The van der Waals surface area contributed by atoms with Crippen molar-refractivity contribution in [2.24, 2.45) is 15.2 Å². The van der Waals surface area contributed by atoms with E-state index in [1.807, 2.05) is 36.4 Å². The summed E-state index contributed by atoms with van der Waals surface area (Å²) >= 11 is 0. The van der Waals surface area contributed by atoms with E-state index >= 15 is 0 Å². The highest BCUT2D eigenvalue weighted by Gasteiger charge is 2.19. The molecule has 2 aromatic carbocycles. The Hall–Kier alpha value is -4.05. The van der Waals surface area contributed by atoms with Crippen LogP contribution < -0.4 is 5.56 Å². The molecule has 150 valence electrons. The van der Waals surface area contributed by atoms with E-state index in [0.29, 0.717) is 22.5 Å². The van der Waals surface area contributed by atoms with Crippen LogP contribution in [-0.4, -0.2) is 15.9 Å². The fraction of sp³-hybridized carbons (Fsp3) is 0.174. The maximum atomic E-state index is 12.4. The van der Waals surface area contributed by atoms with E-state index in [4.69, 9.17) is 0 Å². The third-order valence-corrected chi connectivity index (χ3v) is 4.54. The number of benzene rings is 2. The molecule has 0 saturated carbocycles. The fourth-order valence-corrected chi connectivity index (χ4v) is 2.93. The van der Waals surface area contributed by atoms with Gasteiger partial charge in [-0.1, -0.05) is 18.2 Å². The van der Waals surface area contributed by atoms with Gasteiger partial charge in [0.1, 0.15) is 11.6 Å². The van der Waals surface area contributed by atoms with Crippen LogP contribution in [0.15, 0.2) is 74.6 Å². The predicted octanol–water partition coefficient (Wildman–Crippen LogP) is 5.48. The number of azo groups is 1. The van der Waals surface area contributed by atoms with Crippen LogP contribution in [0.1, 0.15) is 36.6 Å². The molecular weight excluding hydrogens is 378 g/mol. The third-order valence-electron chi connectivity index (χ3n) is 4.54. The minimum absolute atomic E-state index is 0.000350. The number of hydrogen-bond acceptors (Lipinski definition) is 6. The molecule has 0 fully saturated rings. The lowest BCUT2D eigenvalue weighted by molar-refractivity contribution is 0.386. The number of pyridine rings is 1. The number of aromatic nitrogens is 1. The Morgan fingerprint density at radius 1 is 1.00 bits per heavy atom. The van der Waals surface area contributed by atoms with Crippen LogP contribution in [0, 0.1) is 18.3 Å². The van der Waals surface area contributed by atoms with Crippen LogP contribution in [0.2, 0.25) is 0 Å². The Balaban J connectivity index is 1.89. The topological polar surface area (TPSA) is 103 Å². The molecule has 0 bridgehead atoms. The molecule has 0 saturated heterocycles. The molecule has 0 atom stereocenters. The van der Waals surface area contributed by atoms with E-state index in [1.165, 1.54) is 10.8 Å². The lowest BCUT2D eigenvalue weighted by Crippen LogP contribution is -2.26. The normalized spacial score (nSPS) is 11.4. The molecule has 0 aliphatic carbocycles. The summed E-state index contributed by atoms with van der Waals surface area (Å²) in [4.78, 5) is 16.8. The van der Waals surface area contributed by atoms with Crippen LogP contribution in [0.25, 0.3) is 0 Å². The van der Waals surface area contributed by atoms with Gasteiger partial charge < -0.3 is 5.11 Å². The molecule has 0 unspecified atom stereocenters. The van der Waals surface area contributed by atoms with E-state index in [2.05, 4.69) is 15.2 Å². The Morgan fingerprint density at radius 3 is 2.13 bits per heavy atom. The van der Waals surface area contributed by atoms with Gasteiger partial charge >= 0.3 is 0 Å². The Labute approximate surface area is 174 Å². The van der Waals surface area contributed by atoms with Gasteiger partial charge in [0.05, 0.1) is 22.6 Å². The Bertz CT molecular complexity index is 1200. The van der Waals surface area contributed by atoms with Crippen molar-refractivity contribution in [1.29, 1.82) is 5.26 Å². The maximum absolute atomic E-state index is 12.4. The highest BCUT2D eigenvalue weighted by atomic mass is 16.3. The van der Waals surface area contributed by atoms with Crippen molar-refractivity contribution in [3.05, 3.63) is 81.6 Å². The molecule has 3 rings (SSSR count). The summed E-state index contributed by atoms with van der Waals surface area (Å²) in [7, 11) is 0. The smallest absolute Gasteiger partial charge is 0.271 e. The van der Waals surface area contributed by atoms with Gasteiger partial charge in [-0.15, -0.1) is 0 Å². The first-order valence-electron chi connectivity index (χ1n) is 9.41. The van der Waals surface area contributed by atoms with E-state index in [1.54, 1.807) is 45.0 Å². The molecule has 0 aliphatic rings. The van der Waals surface area contributed by atoms with Gasteiger partial charge in [0, 0.05) is 12.3 Å². The average Bonchev–Trinajstić information content (AvgIpc) is 2.73. The van der Waals surface area contributed by atoms with Crippen molar-refractivity contribution in [1.82, 2.24) is 4.57 Å². The number of nitrogens with zero attached hydrogens (tertiary/aromatic N) is 5. The zero-order valence-electron chi connectivity index (χ0n) is 16.9. The first kappa shape index (κ1) is 20.7. The molecule has 1 aromatic heterocycles. The number of aliphatic imine (C=N–C) groups is 1. The maximum Gasteiger partial charge on any atom is 0.271 e. The molecule has 0 amide bonds. The number of aromatic hydroxyl groups is 1. The van der Waals surface area contributed by atoms with Crippen molar-refractivity contribution in [2.45, 2.75) is 26.8 Å². The lowest BCUT2D eigenvalue weighted by Gasteiger charge is -2.16. The second-order valence-corrected chi connectivity index (χ2v) is 6.93. The molecular formula is C23H21N5O2. The molecule has 1 N–H and O–H groups in total. The van der Waals surface area contributed by atoms with Crippen LogP contribution in [0.5, 0.6) is 5.88 Å². The first-order chi connectivity index (χ1) is 14.4. The number of hydrogen-bond donors (Lipinski definition) is 1. The van der Waals surface area contributed by atoms with Crippen molar-refractivity contribution < 1.29 is 5.11 Å². The van der Waals surface area contributed by atoms with Gasteiger partial charge in [-0.25, -0.2) is 0 Å². The van der Waals surface area contributed by atoms with Crippen LogP contribution in [-0.2, 0) is 0 Å². The SMILES string of the molecule is Cc1c(C=Nc2ccc(N=Nc3ccccc3)cc2)c(O)n(C(C)C)c(=O)c1C#N. The van der Waals surface area contributed by atoms with Crippen molar-refractivity contribution in [2.75, 3.05) is 0 Å². The first-order valence-corrected chi connectivity index (χ1v) is 9.41. The van der Waals surface area contributed by atoms with Crippen molar-refractivity contribution in [3.8, 4) is 11.9 Å². The number of rotatable bonds is 5. The minimum Gasteiger partial charge on any atom is -0.494 e. The summed E-state index contributed by atoms with van der Waals surface area (Å²) in [5.41, 5.74) is 2.30. The molecule has 0 spiro atoms. The zero-order valence-corrected chi connectivity index (χ0v) is 16.9. The van der Waals surface area contributed by atoms with Crippen molar-refractivity contribution >= 4 is 23.3 Å². The summed E-state index contributed by atoms with van der Waals surface area (Å²) in [6.07, 6.45) is 1.46. The summed E-state index contributed by atoms with van der Waals surface area (Å²) in [5.74, 6) is -0.205. The van der Waals surface area contributed by atoms with Crippen LogP contribution in [0.3, 0.4) is 0 Å². The Kier molecular flexibility index (Phi) is 6.18. The fourth-order valence-electron chi connectivity index (χ4n) is 2.93. The van der Waals surface area contributed by atoms with Gasteiger partial charge in [0.2, 0.25) is 5.88 Å².